The average Bonchev–Trinajstić information content (AvgIpc) is 3.59. The summed E-state index contributed by atoms with van der Waals surface area (Å²) >= 11 is 1.15. The highest BCUT2D eigenvalue weighted by atomic mass is 32.1. The topological polar surface area (TPSA) is 126 Å². The fourth-order valence-corrected chi connectivity index (χ4v) is 6.53. The van der Waals surface area contributed by atoms with Gasteiger partial charge in [-0.1, -0.05) is 47.7 Å². The summed E-state index contributed by atoms with van der Waals surface area (Å²) in [7, 11) is 1.55. The van der Waals surface area contributed by atoms with Gasteiger partial charge in [0.2, 0.25) is 0 Å². The van der Waals surface area contributed by atoms with Crippen molar-refractivity contribution in [1.82, 2.24) is 4.57 Å². The molecular formula is C33H27N3O7S. The van der Waals surface area contributed by atoms with Crippen molar-refractivity contribution in [2.45, 2.75) is 26.8 Å². The number of nitro benzene ring substituents is 1. The molecule has 1 aliphatic heterocycles. The SMILES string of the molecule is CCOC(=O)C1=C(C)N=c2s/c(=C\c3ccc(-c4ccc(C)cc4[N+](=O)[O-])o3)c(=O)n2C1c1c(OC)ccc2ccccc12. The Kier molecular flexibility index (Phi) is 7.48. The lowest BCUT2D eigenvalue weighted by Crippen LogP contribution is -2.40. The number of benzene rings is 3. The Bertz CT molecular complexity index is 2190. The smallest absolute Gasteiger partial charge is 0.338 e. The number of hydrogen-bond donors (Lipinski definition) is 0. The normalized spacial score (nSPS) is 14.8. The Morgan fingerprint density at radius 2 is 1.93 bits per heavy atom. The van der Waals surface area contributed by atoms with Crippen LogP contribution in [0.3, 0.4) is 0 Å². The predicted molar refractivity (Wildman–Crippen MR) is 166 cm³/mol. The van der Waals surface area contributed by atoms with Crippen molar-refractivity contribution in [2.75, 3.05) is 13.7 Å². The van der Waals surface area contributed by atoms with E-state index in [9.17, 15) is 19.7 Å². The lowest BCUT2D eigenvalue weighted by molar-refractivity contribution is -0.384. The van der Waals surface area contributed by atoms with Crippen molar-refractivity contribution >= 4 is 39.8 Å². The number of thiazole rings is 1. The van der Waals surface area contributed by atoms with Crippen LogP contribution in [0.25, 0.3) is 28.2 Å². The van der Waals surface area contributed by atoms with E-state index in [4.69, 9.17) is 13.9 Å². The van der Waals surface area contributed by atoms with Crippen LogP contribution in [0.4, 0.5) is 5.69 Å². The zero-order valence-electron chi connectivity index (χ0n) is 24.3. The number of allylic oxidation sites excluding steroid dienone is 1. The van der Waals surface area contributed by atoms with Gasteiger partial charge in [0, 0.05) is 17.7 Å². The summed E-state index contributed by atoms with van der Waals surface area (Å²) in [5.74, 6) is 0.573. The minimum absolute atomic E-state index is 0.0729. The number of furan rings is 1. The molecule has 222 valence electrons. The molecule has 1 aliphatic rings. The number of nitro groups is 1. The molecule has 1 unspecified atom stereocenters. The number of aryl methyl sites for hydroxylation is 1. The molecule has 0 amide bonds. The maximum Gasteiger partial charge on any atom is 0.338 e. The predicted octanol–water partition coefficient (Wildman–Crippen LogP) is 5.44. The number of hydrogen-bond acceptors (Lipinski definition) is 9. The van der Waals surface area contributed by atoms with Crippen molar-refractivity contribution in [3.05, 3.63) is 125 Å². The maximum absolute atomic E-state index is 14.2. The van der Waals surface area contributed by atoms with Gasteiger partial charge in [-0.15, -0.1) is 0 Å². The summed E-state index contributed by atoms with van der Waals surface area (Å²) in [6.07, 6.45) is 1.58. The van der Waals surface area contributed by atoms with Crippen molar-refractivity contribution in [2.24, 2.45) is 4.99 Å². The maximum atomic E-state index is 14.2. The molecule has 3 heterocycles. The molecule has 0 N–H and O–H groups in total. The number of carbonyl (C=O) groups is 1. The molecule has 10 nitrogen and oxygen atoms in total. The van der Waals surface area contributed by atoms with Crippen LogP contribution >= 0.6 is 11.3 Å². The second-order valence-corrected chi connectivity index (χ2v) is 11.2. The molecule has 5 aromatic rings. The number of aromatic nitrogens is 1. The number of rotatable bonds is 7. The number of fused-ring (bicyclic) bond motifs is 2. The minimum atomic E-state index is -0.879. The highest BCUT2D eigenvalue weighted by molar-refractivity contribution is 7.07. The number of ether oxygens (including phenoxy) is 2. The Morgan fingerprint density at radius 1 is 1.14 bits per heavy atom. The zero-order chi connectivity index (χ0) is 31.1. The monoisotopic (exact) mass is 609 g/mol. The second kappa shape index (κ2) is 11.4. The van der Waals surface area contributed by atoms with Crippen LogP contribution in [0.2, 0.25) is 0 Å². The molecule has 0 aliphatic carbocycles. The first-order valence-electron chi connectivity index (χ1n) is 13.8. The summed E-state index contributed by atoms with van der Waals surface area (Å²) < 4.78 is 19.0. The standard InChI is InChI=1S/C33H27N3O7S/c1-5-42-32(38)28-19(3)34-33-35(30(28)29-22-9-7-6-8-20(22)11-14-26(29)41-4)31(37)27(44-33)17-21-12-15-25(43-21)23-13-10-18(2)16-24(23)36(39)40/h6-17,30H,5H2,1-4H3/b27-17-. The van der Waals surface area contributed by atoms with Gasteiger partial charge in [0.25, 0.3) is 11.2 Å². The largest absolute Gasteiger partial charge is 0.496 e. The van der Waals surface area contributed by atoms with Crippen molar-refractivity contribution in [1.29, 1.82) is 0 Å². The van der Waals surface area contributed by atoms with E-state index in [1.54, 1.807) is 58.2 Å². The van der Waals surface area contributed by atoms with Gasteiger partial charge in [-0.05, 0) is 61.4 Å². The lowest BCUT2D eigenvalue weighted by atomic mass is 9.90. The molecule has 0 spiro atoms. The van der Waals surface area contributed by atoms with Crippen LogP contribution in [0.5, 0.6) is 5.75 Å². The van der Waals surface area contributed by atoms with Crippen LogP contribution in [-0.2, 0) is 9.53 Å². The van der Waals surface area contributed by atoms with Gasteiger partial charge in [0.05, 0.1) is 40.0 Å². The highest BCUT2D eigenvalue weighted by Gasteiger charge is 2.36. The molecule has 0 bridgehead atoms. The van der Waals surface area contributed by atoms with Crippen molar-refractivity contribution in [3.8, 4) is 17.1 Å². The van der Waals surface area contributed by atoms with Gasteiger partial charge in [0.15, 0.2) is 4.80 Å². The van der Waals surface area contributed by atoms with E-state index in [1.165, 1.54) is 10.6 Å². The summed E-state index contributed by atoms with van der Waals surface area (Å²) in [4.78, 5) is 43.9. The van der Waals surface area contributed by atoms with Gasteiger partial charge >= 0.3 is 5.97 Å². The van der Waals surface area contributed by atoms with Crippen LogP contribution in [0.15, 0.2) is 92.2 Å². The number of carbonyl (C=O) groups excluding carboxylic acids is 1. The fourth-order valence-electron chi connectivity index (χ4n) is 5.51. The van der Waals surface area contributed by atoms with Gasteiger partial charge in [-0.25, -0.2) is 9.79 Å². The summed E-state index contributed by atoms with van der Waals surface area (Å²) in [5, 5.41) is 13.4. The third-order valence-corrected chi connectivity index (χ3v) is 8.44. The molecule has 1 atom stereocenters. The summed E-state index contributed by atoms with van der Waals surface area (Å²) in [6.45, 7) is 5.38. The molecule has 3 aromatic carbocycles. The molecule has 0 saturated carbocycles. The van der Waals surface area contributed by atoms with E-state index in [-0.39, 0.29) is 23.4 Å². The zero-order valence-corrected chi connectivity index (χ0v) is 25.1. The lowest BCUT2D eigenvalue weighted by Gasteiger charge is -2.27. The van der Waals surface area contributed by atoms with Gasteiger partial charge < -0.3 is 13.9 Å². The molecular weight excluding hydrogens is 582 g/mol. The average molecular weight is 610 g/mol. The van der Waals surface area contributed by atoms with Crippen molar-refractivity contribution in [3.63, 3.8) is 0 Å². The van der Waals surface area contributed by atoms with Crippen LogP contribution < -0.4 is 19.6 Å². The third kappa shape index (κ3) is 4.90. The molecule has 6 rings (SSSR count). The van der Waals surface area contributed by atoms with E-state index in [1.807, 2.05) is 36.4 Å². The van der Waals surface area contributed by atoms with E-state index in [0.717, 1.165) is 27.7 Å². The fraction of sp³-hybridized carbons (Fsp3) is 0.182. The molecule has 0 radical (unpaired) electrons. The van der Waals surface area contributed by atoms with E-state index in [0.29, 0.717) is 43.4 Å². The van der Waals surface area contributed by atoms with Crippen LogP contribution in [0.1, 0.15) is 36.8 Å². The first-order valence-corrected chi connectivity index (χ1v) is 14.6. The molecule has 0 fully saturated rings. The molecule has 44 heavy (non-hydrogen) atoms. The number of methoxy groups -OCH3 is 1. The first kappa shape index (κ1) is 28.8. The van der Waals surface area contributed by atoms with E-state index >= 15 is 0 Å². The Hall–Kier alpha value is -5.29. The van der Waals surface area contributed by atoms with Gasteiger partial charge in [-0.3, -0.25) is 19.5 Å². The molecule has 11 heteroatoms. The van der Waals surface area contributed by atoms with Gasteiger partial charge in [0.1, 0.15) is 23.3 Å². The molecule has 2 aromatic heterocycles. The minimum Gasteiger partial charge on any atom is -0.496 e. The second-order valence-electron chi connectivity index (χ2n) is 10.2. The summed E-state index contributed by atoms with van der Waals surface area (Å²) in [6, 6.07) is 18.7. The Labute approximate surface area is 255 Å². The quantitative estimate of drug-likeness (QED) is 0.137. The number of nitrogens with zero attached hydrogens (tertiary/aromatic N) is 3. The first-order chi connectivity index (χ1) is 21.2. The van der Waals surface area contributed by atoms with E-state index < -0.39 is 16.9 Å². The molecule has 0 saturated heterocycles. The highest BCUT2D eigenvalue weighted by Crippen LogP contribution is 2.40. The Balaban J connectivity index is 1.56. The van der Waals surface area contributed by atoms with Crippen LogP contribution in [0, 0.1) is 17.0 Å². The van der Waals surface area contributed by atoms with Crippen LogP contribution in [-0.4, -0.2) is 29.2 Å². The van der Waals surface area contributed by atoms with Crippen molar-refractivity contribution < 1.29 is 23.6 Å². The van der Waals surface area contributed by atoms with Gasteiger partial charge in [-0.2, -0.15) is 0 Å². The third-order valence-electron chi connectivity index (χ3n) is 7.46. The summed E-state index contributed by atoms with van der Waals surface area (Å²) in [5.41, 5.74) is 1.94. The van der Waals surface area contributed by atoms with E-state index in [2.05, 4.69) is 4.99 Å². The Morgan fingerprint density at radius 3 is 2.68 bits per heavy atom. The number of esters is 1.